The van der Waals surface area contributed by atoms with Gasteiger partial charge in [-0.05, 0) is 35.9 Å². The smallest absolute Gasteiger partial charge is 0.266 e. The quantitative estimate of drug-likeness (QED) is 0.414. The van der Waals surface area contributed by atoms with Crippen LogP contribution in [0.2, 0.25) is 5.02 Å². The van der Waals surface area contributed by atoms with E-state index in [-0.39, 0.29) is 5.13 Å². The molecule has 2 N–H and O–H groups in total. The first kappa shape index (κ1) is 20.3. The van der Waals surface area contributed by atoms with E-state index in [9.17, 15) is 12.8 Å². The van der Waals surface area contributed by atoms with E-state index in [1.165, 1.54) is 18.3 Å². The van der Waals surface area contributed by atoms with Gasteiger partial charge in [0.15, 0.2) is 5.13 Å². The average Bonchev–Trinajstić information content (AvgIpc) is 3.35. The van der Waals surface area contributed by atoms with Gasteiger partial charge in [0.25, 0.3) is 10.0 Å². The van der Waals surface area contributed by atoms with Crippen LogP contribution < -0.4 is 10.0 Å². The van der Waals surface area contributed by atoms with Crippen LogP contribution in [0.3, 0.4) is 0 Å². The third-order valence-corrected chi connectivity index (χ3v) is 6.50. The highest BCUT2D eigenvalue weighted by Crippen LogP contribution is 2.24. The number of thiazole rings is 1. The van der Waals surface area contributed by atoms with E-state index in [0.717, 1.165) is 23.0 Å². The molecule has 0 bridgehead atoms. The van der Waals surface area contributed by atoms with Crippen LogP contribution in [0.15, 0.2) is 71.3 Å². The summed E-state index contributed by atoms with van der Waals surface area (Å²) in [4.78, 5) is 3.39. The SMILES string of the molecule is O=S(=O)(Nc1nccs1)c1ccc(Nc2cnn(Cc3ccc(Cl)cc3)c2)cc1F. The topological polar surface area (TPSA) is 88.9 Å². The van der Waals surface area contributed by atoms with Gasteiger partial charge in [0, 0.05) is 28.5 Å². The van der Waals surface area contributed by atoms with Crippen molar-refractivity contribution in [1.82, 2.24) is 14.8 Å². The first-order valence-corrected chi connectivity index (χ1v) is 11.4. The number of nitrogens with one attached hydrogen (secondary N) is 2. The van der Waals surface area contributed by atoms with E-state index < -0.39 is 20.7 Å². The molecule has 4 aromatic rings. The van der Waals surface area contributed by atoms with Gasteiger partial charge in [-0.3, -0.25) is 9.40 Å². The molecule has 0 aliphatic rings. The number of nitrogens with zero attached hydrogens (tertiary/aromatic N) is 3. The van der Waals surface area contributed by atoms with E-state index in [0.29, 0.717) is 22.9 Å². The number of rotatable bonds is 7. The van der Waals surface area contributed by atoms with E-state index in [2.05, 4.69) is 20.1 Å². The summed E-state index contributed by atoms with van der Waals surface area (Å²) in [5, 5.41) is 9.73. The Kier molecular flexibility index (Phi) is 5.71. The van der Waals surface area contributed by atoms with Gasteiger partial charge in [0.1, 0.15) is 10.7 Å². The maximum Gasteiger partial charge on any atom is 0.266 e. The Hall–Kier alpha value is -2.95. The summed E-state index contributed by atoms with van der Waals surface area (Å²) in [5.74, 6) is -0.877. The highest BCUT2D eigenvalue weighted by atomic mass is 35.5. The highest BCUT2D eigenvalue weighted by Gasteiger charge is 2.20. The number of hydrogen-bond acceptors (Lipinski definition) is 6. The Morgan fingerprint density at radius 3 is 2.63 bits per heavy atom. The maximum absolute atomic E-state index is 14.5. The van der Waals surface area contributed by atoms with Crippen LogP contribution in [0.1, 0.15) is 5.56 Å². The Balaban J connectivity index is 1.46. The molecule has 0 atom stereocenters. The lowest BCUT2D eigenvalue weighted by Gasteiger charge is -2.09. The van der Waals surface area contributed by atoms with Gasteiger partial charge in [0.05, 0.1) is 18.4 Å². The summed E-state index contributed by atoms with van der Waals surface area (Å²) in [6.07, 6.45) is 4.82. The molecule has 0 fully saturated rings. The van der Waals surface area contributed by atoms with Crippen LogP contribution in [-0.2, 0) is 16.6 Å². The molecule has 0 aliphatic heterocycles. The van der Waals surface area contributed by atoms with E-state index in [1.807, 2.05) is 12.1 Å². The van der Waals surface area contributed by atoms with Gasteiger partial charge in [-0.2, -0.15) is 5.10 Å². The molecule has 30 heavy (non-hydrogen) atoms. The number of sulfonamides is 1. The molecule has 2 aromatic heterocycles. The maximum atomic E-state index is 14.5. The predicted octanol–water partition coefficient (Wildman–Crippen LogP) is 4.72. The standard InChI is InChI=1S/C19H15ClFN5O2S2/c20-14-3-1-13(2-4-14)11-26-12-16(10-23-26)24-15-5-6-18(17(21)9-15)30(27,28)25-19-22-7-8-29-19/h1-10,12,24H,11H2,(H,22,25). The van der Waals surface area contributed by atoms with E-state index in [4.69, 9.17) is 11.6 Å². The van der Waals surface area contributed by atoms with Crippen LogP contribution in [0, 0.1) is 5.82 Å². The van der Waals surface area contributed by atoms with Crippen molar-refractivity contribution < 1.29 is 12.8 Å². The Bertz CT molecular complexity index is 1260. The summed E-state index contributed by atoms with van der Waals surface area (Å²) in [6.45, 7) is 0.548. The number of halogens is 2. The fourth-order valence-electron chi connectivity index (χ4n) is 2.70. The molecule has 11 heteroatoms. The second-order valence-electron chi connectivity index (χ2n) is 6.27. The van der Waals surface area contributed by atoms with Crippen LogP contribution in [-0.4, -0.2) is 23.2 Å². The zero-order valence-electron chi connectivity index (χ0n) is 15.3. The first-order valence-electron chi connectivity index (χ1n) is 8.65. The molecule has 0 unspecified atom stereocenters. The lowest BCUT2D eigenvalue weighted by molar-refractivity contribution is 0.570. The molecule has 0 saturated heterocycles. The lowest BCUT2D eigenvalue weighted by Crippen LogP contribution is -2.14. The molecular weight excluding hydrogens is 449 g/mol. The van der Waals surface area contributed by atoms with Crippen LogP contribution in [0.4, 0.5) is 20.9 Å². The number of anilines is 3. The van der Waals surface area contributed by atoms with Crippen molar-refractivity contribution in [1.29, 1.82) is 0 Å². The molecule has 2 heterocycles. The monoisotopic (exact) mass is 463 g/mol. The van der Waals surface area contributed by atoms with Crippen molar-refractivity contribution in [3.05, 3.63) is 82.8 Å². The van der Waals surface area contributed by atoms with Crippen molar-refractivity contribution in [3.8, 4) is 0 Å². The van der Waals surface area contributed by atoms with Crippen LogP contribution in [0.25, 0.3) is 0 Å². The van der Waals surface area contributed by atoms with Crippen molar-refractivity contribution in [2.45, 2.75) is 11.4 Å². The normalized spacial score (nSPS) is 11.4. The number of aromatic nitrogens is 3. The molecule has 0 aliphatic carbocycles. The zero-order valence-corrected chi connectivity index (χ0v) is 17.7. The second-order valence-corrected chi connectivity index (χ2v) is 9.25. The average molecular weight is 464 g/mol. The molecular formula is C19H15ClFN5O2S2. The van der Waals surface area contributed by atoms with E-state index >= 15 is 0 Å². The van der Waals surface area contributed by atoms with E-state index in [1.54, 1.807) is 34.6 Å². The molecule has 7 nitrogen and oxygen atoms in total. The summed E-state index contributed by atoms with van der Waals surface area (Å²) in [5.41, 5.74) is 2.06. The summed E-state index contributed by atoms with van der Waals surface area (Å²) < 4.78 is 43.2. The van der Waals surface area contributed by atoms with Crippen molar-refractivity contribution in [3.63, 3.8) is 0 Å². The Labute approximate surface area is 181 Å². The fraction of sp³-hybridized carbons (Fsp3) is 0.0526. The molecule has 0 amide bonds. The lowest BCUT2D eigenvalue weighted by atomic mass is 10.2. The third kappa shape index (κ3) is 4.78. The Morgan fingerprint density at radius 2 is 1.93 bits per heavy atom. The zero-order chi connectivity index (χ0) is 21.1. The van der Waals surface area contributed by atoms with Crippen molar-refractivity contribution in [2.24, 2.45) is 0 Å². The minimum Gasteiger partial charge on any atom is -0.353 e. The predicted molar refractivity (Wildman–Crippen MR) is 115 cm³/mol. The summed E-state index contributed by atoms with van der Waals surface area (Å²) >= 11 is 7.00. The number of benzene rings is 2. The van der Waals surface area contributed by atoms with Gasteiger partial charge in [-0.1, -0.05) is 23.7 Å². The third-order valence-electron chi connectivity index (χ3n) is 4.06. The van der Waals surface area contributed by atoms with Crippen LogP contribution >= 0.6 is 22.9 Å². The largest absolute Gasteiger partial charge is 0.353 e. The highest BCUT2D eigenvalue weighted by molar-refractivity contribution is 7.93. The molecule has 0 spiro atoms. The van der Waals surface area contributed by atoms with Crippen molar-refractivity contribution >= 4 is 49.5 Å². The second kappa shape index (κ2) is 8.42. The molecule has 4 rings (SSSR count). The van der Waals surface area contributed by atoms with Crippen molar-refractivity contribution in [2.75, 3.05) is 10.0 Å². The molecule has 0 radical (unpaired) electrons. The van der Waals surface area contributed by atoms with Gasteiger partial charge < -0.3 is 5.32 Å². The summed E-state index contributed by atoms with van der Waals surface area (Å²) in [6, 6.07) is 11.2. The van der Waals surface area contributed by atoms with Gasteiger partial charge in [-0.25, -0.2) is 17.8 Å². The number of hydrogen-bond donors (Lipinski definition) is 2. The van der Waals surface area contributed by atoms with Crippen LogP contribution in [0.5, 0.6) is 0 Å². The first-order chi connectivity index (χ1) is 14.4. The van der Waals surface area contributed by atoms with Gasteiger partial charge in [0.2, 0.25) is 0 Å². The fourth-order valence-corrected chi connectivity index (χ4v) is 4.67. The molecule has 0 saturated carbocycles. The Morgan fingerprint density at radius 1 is 1.13 bits per heavy atom. The minimum atomic E-state index is -4.07. The van der Waals surface area contributed by atoms with Gasteiger partial charge >= 0.3 is 0 Å². The minimum absolute atomic E-state index is 0.171. The van der Waals surface area contributed by atoms with Gasteiger partial charge in [-0.15, -0.1) is 11.3 Å². The molecule has 154 valence electrons. The molecule has 2 aromatic carbocycles. The summed E-state index contributed by atoms with van der Waals surface area (Å²) in [7, 11) is -4.07.